The number of piperazine rings is 1. The third-order valence-corrected chi connectivity index (χ3v) is 6.96. The van der Waals surface area contributed by atoms with Crippen LogP contribution in [0.2, 0.25) is 0 Å². The summed E-state index contributed by atoms with van der Waals surface area (Å²) in [5.74, 6) is -0.529. The monoisotopic (exact) mass is 456 g/mol. The summed E-state index contributed by atoms with van der Waals surface area (Å²) < 4.78 is 71.5. The van der Waals surface area contributed by atoms with Gasteiger partial charge < -0.3 is 4.74 Å². The van der Waals surface area contributed by atoms with Gasteiger partial charge in [-0.2, -0.15) is 17.5 Å². The average Bonchev–Trinajstić information content (AvgIpc) is 2.74. The van der Waals surface area contributed by atoms with Crippen LogP contribution in [0.15, 0.2) is 53.4 Å². The Morgan fingerprint density at radius 2 is 1.61 bits per heavy atom. The van der Waals surface area contributed by atoms with Crippen molar-refractivity contribution in [1.82, 2.24) is 9.21 Å². The molecule has 0 radical (unpaired) electrons. The molecule has 0 N–H and O–H groups in total. The molecule has 0 spiro atoms. The molecule has 0 aromatic heterocycles. The van der Waals surface area contributed by atoms with E-state index >= 15 is 0 Å². The van der Waals surface area contributed by atoms with E-state index in [4.69, 9.17) is 4.74 Å². The van der Waals surface area contributed by atoms with Crippen molar-refractivity contribution in [2.24, 2.45) is 0 Å². The van der Waals surface area contributed by atoms with Gasteiger partial charge >= 0.3 is 12.1 Å². The van der Waals surface area contributed by atoms with E-state index in [0.717, 1.165) is 6.07 Å². The number of nitrogens with zero attached hydrogens (tertiary/aromatic N) is 2. The van der Waals surface area contributed by atoms with E-state index < -0.39 is 27.7 Å². The maximum atomic E-state index is 13.2. The van der Waals surface area contributed by atoms with E-state index in [1.807, 2.05) is 0 Å². The molecule has 31 heavy (non-hydrogen) atoms. The van der Waals surface area contributed by atoms with Crippen molar-refractivity contribution in [2.45, 2.75) is 24.5 Å². The van der Waals surface area contributed by atoms with Crippen molar-refractivity contribution >= 4 is 16.0 Å². The van der Waals surface area contributed by atoms with Crippen LogP contribution in [0.5, 0.6) is 0 Å². The molecule has 0 aliphatic carbocycles. The van der Waals surface area contributed by atoms with Gasteiger partial charge in [-0.05, 0) is 42.8 Å². The fourth-order valence-electron chi connectivity index (χ4n) is 3.43. The highest BCUT2D eigenvalue weighted by molar-refractivity contribution is 7.89. The predicted molar refractivity (Wildman–Crippen MR) is 108 cm³/mol. The Bertz CT molecular complexity index is 1020. The van der Waals surface area contributed by atoms with Crippen LogP contribution >= 0.6 is 0 Å². The summed E-state index contributed by atoms with van der Waals surface area (Å²) in [5.41, 5.74) is -0.249. The molecule has 0 atom stereocenters. The summed E-state index contributed by atoms with van der Waals surface area (Å²) >= 11 is 0. The third kappa shape index (κ3) is 5.44. The number of carbonyl (C=O) groups excluding carboxylic acids is 1. The molecule has 2 aromatic carbocycles. The number of esters is 1. The third-order valence-electron chi connectivity index (χ3n) is 5.05. The maximum Gasteiger partial charge on any atom is 0.416 e. The van der Waals surface area contributed by atoms with Crippen molar-refractivity contribution in [3.05, 3.63) is 65.2 Å². The summed E-state index contributed by atoms with van der Waals surface area (Å²) in [6.45, 7) is 2.94. The summed E-state index contributed by atoms with van der Waals surface area (Å²) in [6, 6.07) is 10.9. The zero-order valence-corrected chi connectivity index (χ0v) is 17.7. The van der Waals surface area contributed by atoms with Crippen molar-refractivity contribution < 1.29 is 31.1 Å². The molecule has 1 heterocycles. The van der Waals surface area contributed by atoms with Gasteiger partial charge in [0.15, 0.2) is 0 Å². The summed E-state index contributed by atoms with van der Waals surface area (Å²) in [6.07, 6.45) is -4.43. The first-order chi connectivity index (χ1) is 14.6. The molecular weight excluding hydrogens is 433 g/mol. The van der Waals surface area contributed by atoms with E-state index in [2.05, 4.69) is 0 Å². The van der Waals surface area contributed by atoms with Gasteiger partial charge in [-0.3, -0.25) is 4.90 Å². The van der Waals surface area contributed by atoms with Gasteiger partial charge in [0, 0.05) is 32.7 Å². The van der Waals surface area contributed by atoms with Crippen molar-refractivity contribution in [1.29, 1.82) is 0 Å². The molecule has 168 valence electrons. The lowest BCUT2D eigenvalue weighted by atomic mass is 10.1. The minimum absolute atomic E-state index is 0.0522. The van der Waals surface area contributed by atoms with E-state index in [0.29, 0.717) is 13.1 Å². The van der Waals surface area contributed by atoms with Gasteiger partial charge in [0.1, 0.15) is 0 Å². The second kappa shape index (κ2) is 9.37. The lowest BCUT2D eigenvalue weighted by molar-refractivity contribution is -0.138. The minimum Gasteiger partial charge on any atom is -0.462 e. The quantitative estimate of drug-likeness (QED) is 0.624. The van der Waals surface area contributed by atoms with Gasteiger partial charge in [0.25, 0.3) is 0 Å². The van der Waals surface area contributed by atoms with E-state index in [9.17, 15) is 26.4 Å². The molecule has 6 nitrogen and oxygen atoms in total. The summed E-state index contributed by atoms with van der Waals surface area (Å²) in [4.78, 5) is 13.6. The largest absolute Gasteiger partial charge is 0.462 e. The van der Waals surface area contributed by atoms with Gasteiger partial charge in [-0.25, -0.2) is 13.2 Å². The number of carbonyl (C=O) groups is 1. The Morgan fingerprint density at radius 3 is 2.19 bits per heavy atom. The molecular formula is C21H23F3N2O4S. The molecule has 1 aliphatic heterocycles. The fourth-order valence-corrected chi connectivity index (χ4v) is 4.85. The van der Waals surface area contributed by atoms with Crippen LogP contribution in [-0.4, -0.2) is 56.4 Å². The Kier molecular flexibility index (Phi) is 7.03. The Morgan fingerprint density at radius 1 is 1.00 bits per heavy atom. The smallest absolute Gasteiger partial charge is 0.416 e. The van der Waals surface area contributed by atoms with Gasteiger partial charge in [0.05, 0.1) is 22.6 Å². The highest BCUT2D eigenvalue weighted by Gasteiger charge is 2.34. The second-order valence-corrected chi connectivity index (χ2v) is 9.02. The Labute approximate surface area is 179 Å². The molecule has 0 amide bonds. The first kappa shape index (κ1) is 23.2. The Balaban J connectivity index is 1.65. The molecule has 1 aliphatic rings. The maximum absolute atomic E-state index is 13.2. The highest BCUT2D eigenvalue weighted by Crippen LogP contribution is 2.32. The SMILES string of the molecule is CCOC(=O)c1ccc(S(=O)(=O)N2CCN(Cc3ccccc3C(F)(F)F)CC2)cc1. The number of alkyl halides is 3. The first-order valence-corrected chi connectivity index (χ1v) is 11.2. The minimum atomic E-state index is -4.43. The number of halogens is 3. The van der Waals surface area contributed by atoms with E-state index in [-0.39, 0.29) is 42.3 Å². The second-order valence-electron chi connectivity index (χ2n) is 7.08. The molecule has 1 saturated heterocycles. The summed E-state index contributed by atoms with van der Waals surface area (Å²) in [5, 5.41) is 0. The van der Waals surface area contributed by atoms with Crippen LogP contribution in [0.4, 0.5) is 13.2 Å². The van der Waals surface area contributed by atoms with Crippen molar-refractivity contribution in [2.75, 3.05) is 32.8 Å². The fraction of sp³-hybridized carbons (Fsp3) is 0.381. The predicted octanol–water partition coefficient (Wildman–Crippen LogP) is 3.39. The lowest BCUT2D eigenvalue weighted by Gasteiger charge is -2.34. The highest BCUT2D eigenvalue weighted by atomic mass is 32.2. The topological polar surface area (TPSA) is 66.9 Å². The lowest BCUT2D eigenvalue weighted by Crippen LogP contribution is -2.48. The molecule has 1 fully saturated rings. The van der Waals surface area contributed by atoms with Crippen LogP contribution in [0.25, 0.3) is 0 Å². The average molecular weight is 456 g/mol. The number of hydrogen-bond acceptors (Lipinski definition) is 5. The zero-order valence-electron chi connectivity index (χ0n) is 16.9. The van der Waals surface area contributed by atoms with Gasteiger partial charge in [0.2, 0.25) is 10.0 Å². The molecule has 0 unspecified atom stereocenters. The van der Waals surface area contributed by atoms with Crippen LogP contribution < -0.4 is 0 Å². The summed E-state index contributed by atoms with van der Waals surface area (Å²) in [7, 11) is -3.77. The molecule has 0 bridgehead atoms. The number of ether oxygens (including phenoxy) is 1. The molecule has 0 saturated carbocycles. The van der Waals surface area contributed by atoms with Crippen LogP contribution in [0.1, 0.15) is 28.4 Å². The number of benzene rings is 2. The normalized spacial score (nSPS) is 16.3. The van der Waals surface area contributed by atoms with E-state index in [1.165, 1.54) is 40.7 Å². The van der Waals surface area contributed by atoms with Crippen molar-refractivity contribution in [3.8, 4) is 0 Å². The number of hydrogen-bond donors (Lipinski definition) is 0. The number of rotatable bonds is 6. The first-order valence-electron chi connectivity index (χ1n) is 9.77. The van der Waals surface area contributed by atoms with Crippen LogP contribution in [0, 0.1) is 0 Å². The molecule has 3 rings (SSSR count). The van der Waals surface area contributed by atoms with E-state index in [1.54, 1.807) is 17.9 Å². The van der Waals surface area contributed by atoms with Crippen LogP contribution in [-0.2, 0) is 27.5 Å². The Hall–Kier alpha value is -2.43. The van der Waals surface area contributed by atoms with Crippen molar-refractivity contribution in [3.63, 3.8) is 0 Å². The van der Waals surface area contributed by atoms with Gasteiger partial charge in [-0.1, -0.05) is 18.2 Å². The van der Waals surface area contributed by atoms with Crippen LogP contribution in [0.3, 0.4) is 0 Å². The molecule has 10 heteroatoms. The number of sulfonamides is 1. The van der Waals surface area contributed by atoms with Gasteiger partial charge in [-0.15, -0.1) is 0 Å². The standard InChI is InChI=1S/C21H23F3N2O4S/c1-2-30-20(27)16-7-9-18(10-8-16)31(28,29)26-13-11-25(12-14-26)15-17-5-3-4-6-19(17)21(22,23)24/h3-10H,2,11-15H2,1H3. The molecule has 2 aromatic rings. The zero-order chi connectivity index (χ0) is 22.6.